The van der Waals surface area contributed by atoms with Crippen molar-refractivity contribution in [1.29, 1.82) is 0 Å². The molecular formula is C24H25NO7. The molecule has 8 heteroatoms. The van der Waals surface area contributed by atoms with Crippen LogP contribution in [0, 0.1) is 12.8 Å². The van der Waals surface area contributed by atoms with Gasteiger partial charge < -0.3 is 26.2 Å². The Morgan fingerprint density at radius 1 is 1.09 bits per heavy atom. The molecule has 0 aliphatic heterocycles. The minimum absolute atomic E-state index is 0.00344. The number of benzene rings is 2. The number of Topliss-reactive ketones (excluding diaryl/α,β-unsaturated/α-hetero) is 2. The molecule has 2 aromatic carbocycles. The maximum absolute atomic E-state index is 13.5. The maximum atomic E-state index is 13.5. The molecule has 0 saturated heterocycles. The lowest BCUT2D eigenvalue weighted by atomic mass is 9.63. The summed E-state index contributed by atoms with van der Waals surface area (Å²) in [7, 11) is 0. The van der Waals surface area contributed by atoms with Crippen molar-refractivity contribution in [2.45, 2.75) is 51.6 Å². The van der Waals surface area contributed by atoms with Crippen LogP contribution in [0.3, 0.4) is 0 Å². The number of amides is 1. The molecule has 6 N–H and O–H groups in total. The molecule has 168 valence electrons. The van der Waals surface area contributed by atoms with Crippen molar-refractivity contribution >= 4 is 28.2 Å². The van der Waals surface area contributed by atoms with Crippen LogP contribution >= 0.6 is 0 Å². The first-order valence-corrected chi connectivity index (χ1v) is 10.3. The zero-order valence-electron chi connectivity index (χ0n) is 18.2. The van der Waals surface area contributed by atoms with E-state index in [9.17, 15) is 34.8 Å². The number of aromatic hydroxyl groups is 2. The number of nitrogens with two attached hydrogens (primary N) is 1. The van der Waals surface area contributed by atoms with E-state index in [-0.39, 0.29) is 29.5 Å². The highest BCUT2D eigenvalue weighted by molar-refractivity contribution is 6.23. The Labute approximate surface area is 184 Å². The highest BCUT2D eigenvalue weighted by Gasteiger charge is 2.58. The van der Waals surface area contributed by atoms with Gasteiger partial charge in [0.2, 0.25) is 5.78 Å². The number of aliphatic hydroxyl groups is 2. The number of aliphatic hydroxyl groups excluding tert-OH is 1. The summed E-state index contributed by atoms with van der Waals surface area (Å²) in [4.78, 5) is 37.6. The Morgan fingerprint density at radius 3 is 2.28 bits per heavy atom. The normalized spacial score (nSPS) is 23.3. The fraction of sp³-hybridized carbons (Fsp3) is 0.375. The monoisotopic (exact) mass is 439 g/mol. The molecule has 2 aliphatic carbocycles. The summed E-state index contributed by atoms with van der Waals surface area (Å²) in [5.41, 5.74) is 2.67. The molecule has 0 saturated carbocycles. The minimum atomic E-state index is -2.58. The number of carbonyl (C=O) groups is 3. The Balaban J connectivity index is 2.07. The Kier molecular flexibility index (Phi) is 4.47. The average molecular weight is 439 g/mol. The maximum Gasteiger partial charge on any atom is 0.255 e. The second kappa shape index (κ2) is 6.56. The molecule has 0 radical (unpaired) electrons. The number of rotatable bonds is 1. The highest BCUT2D eigenvalue weighted by Crippen LogP contribution is 2.51. The summed E-state index contributed by atoms with van der Waals surface area (Å²) in [6, 6.07) is 3.51. The summed E-state index contributed by atoms with van der Waals surface area (Å²) >= 11 is 0. The average Bonchev–Trinajstić information content (AvgIpc) is 2.67. The number of primary amides is 1. The van der Waals surface area contributed by atoms with Crippen LogP contribution in [0.4, 0.5) is 0 Å². The number of ketones is 2. The van der Waals surface area contributed by atoms with Crippen LogP contribution in [0.2, 0.25) is 0 Å². The summed E-state index contributed by atoms with van der Waals surface area (Å²) < 4.78 is 0. The number of hydrogen-bond acceptors (Lipinski definition) is 7. The van der Waals surface area contributed by atoms with Crippen LogP contribution in [-0.4, -0.2) is 43.5 Å². The van der Waals surface area contributed by atoms with Gasteiger partial charge in [-0.2, -0.15) is 0 Å². The van der Waals surface area contributed by atoms with E-state index in [1.165, 1.54) is 0 Å². The van der Waals surface area contributed by atoms with Crippen LogP contribution in [-0.2, 0) is 21.4 Å². The molecule has 2 aromatic rings. The molecule has 0 fully saturated rings. The fourth-order valence-corrected chi connectivity index (χ4v) is 5.06. The van der Waals surface area contributed by atoms with Crippen LogP contribution in [0.1, 0.15) is 54.2 Å². The number of carbonyl (C=O) groups excluding carboxylic acids is 3. The molecule has 0 spiro atoms. The number of phenolic OH excluding ortho intramolecular Hbond substituents is 2. The van der Waals surface area contributed by atoms with Crippen molar-refractivity contribution in [2.24, 2.45) is 11.7 Å². The number of aryl methyl sites for hydroxylation is 1. The fourth-order valence-electron chi connectivity index (χ4n) is 5.06. The van der Waals surface area contributed by atoms with E-state index in [0.717, 1.165) is 0 Å². The molecule has 8 nitrogen and oxygen atoms in total. The topological polar surface area (TPSA) is 158 Å². The molecule has 32 heavy (non-hydrogen) atoms. The zero-order valence-corrected chi connectivity index (χ0v) is 18.2. The van der Waals surface area contributed by atoms with Crippen LogP contribution in [0.25, 0.3) is 10.8 Å². The Morgan fingerprint density at radius 2 is 1.72 bits per heavy atom. The summed E-state index contributed by atoms with van der Waals surface area (Å²) in [6.45, 7) is 7.40. The van der Waals surface area contributed by atoms with Crippen molar-refractivity contribution in [2.75, 3.05) is 0 Å². The van der Waals surface area contributed by atoms with E-state index in [1.54, 1.807) is 19.1 Å². The van der Waals surface area contributed by atoms with E-state index in [1.807, 2.05) is 20.8 Å². The van der Waals surface area contributed by atoms with Gasteiger partial charge in [-0.25, -0.2) is 0 Å². The number of hydrogen-bond donors (Lipinski definition) is 5. The zero-order chi connectivity index (χ0) is 23.9. The molecular weight excluding hydrogens is 414 g/mol. The second-order valence-electron chi connectivity index (χ2n) is 9.67. The van der Waals surface area contributed by atoms with Gasteiger partial charge in [-0.05, 0) is 35.3 Å². The lowest BCUT2D eigenvalue weighted by Crippen LogP contribution is -2.56. The van der Waals surface area contributed by atoms with Gasteiger partial charge in [-0.1, -0.05) is 32.9 Å². The molecule has 0 bridgehead atoms. The molecule has 2 unspecified atom stereocenters. The van der Waals surface area contributed by atoms with Gasteiger partial charge in [0, 0.05) is 17.9 Å². The highest BCUT2D eigenvalue weighted by atomic mass is 16.3. The third-order valence-corrected chi connectivity index (χ3v) is 6.79. The smallest absolute Gasteiger partial charge is 0.255 e. The lowest BCUT2D eigenvalue weighted by molar-refractivity contribution is -0.125. The number of fused-ring (bicyclic) bond motifs is 3. The van der Waals surface area contributed by atoms with Crippen molar-refractivity contribution in [3.05, 3.63) is 45.7 Å². The third-order valence-electron chi connectivity index (χ3n) is 6.79. The van der Waals surface area contributed by atoms with Crippen molar-refractivity contribution in [3.63, 3.8) is 0 Å². The Bertz CT molecular complexity index is 1280. The lowest BCUT2D eigenvalue weighted by Gasteiger charge is -2.42. The minimum Gasteiger partial charge on any atom is -0.508 e. The van der Waals surface area contributed by atoms with E-state index in [2.05, 4.69) is 0 Å². The van der Waals surface area contributed by atoms with Gasteiger partial charge in [0.1, 0.15) is 22.8 Å². The van der Waals surface area contributed by atoms with Crippen molar-refractivity contribution in [3.8, 4) is 11.5 Å². The van der Waals surface area contributed by atoms with Crippen molar-refractivity contribution in [1.82, 2.24) is 0 Å². The van der Waals surface area contributed by atoms with E-state index < -0.39 is 51.5 Å². The summed E-state index contributed by atoms with van der Waals surface area (Å²) in [5, 5.41) is 44.6. The standard InChI is InChI=1S/C24H25NO7/c1-9-11-5-6-13(23(2,3)4)18(27)15(11)19(28)16-12(9)7-10-8-14(26)17(22(25)31)21(30)24(10,32)20(16)29/h5-6,10,27-28,30,32H,7-8H2,1-4H3,(H2,25,31). The van der Waals surface area contributed by atoms with E-state index >= 15 is 0 Å². The molecule has 2 atom stereocenters. The molecule has 1 amide bonds. The predicted octanol–water partition coefficient (Wildman–Crippen LogP) is 2.21. The summed E-state index contributed by atoms with van der Waals surface area (Å²) in [5.74, 6) is -5.87. The van der Waals surface area contributed by atoms with Crippen molar-refractivity contribution < 1.29 is 34.8 Å². The third kappa shape index (κ3) is 2.62. The van der Waals surface area contributed by atoms with Gasteiger partial charge in [0.25, 0.3) is 5.91 Å². The molecule has 0 heterocycles. The van der Waals surface area contributed by atoms with Gasteiger partial charge in [-0.3, -0.25) is 14.4 Å². The van der Waals surface area contributed by atoms with Gasteiger partial charge in [0.15, 0.2) is 11.4 Å². The second-order valence-corrected chi connectivity index (χ2v) is 9.67. The molecule has 2 aliphatic rings. The Hall–Kier alpha value is -3.39. The first kappa shape index (κ1) is 21.8. The predicted molar refractivity (Wildman–Crippen MR) is 116 cm³/mol. The SMILES string of the molecule is Cc1c2c(c(O)c3c(O)c(C(C)(C)C)ccc13)C(=O)C1(O)C(O)=C(C(N)=O)C(=O)CC1C2. The van der Waals surface area contributed by atoms with E-state index in [0.29, 0.717) is 22.1 Å². The summed E-state index contributed by atoms with van der Waals surface area (Å²) in [6.07, 6.45) is -0.368. The largest absolute Gasteiger partial charge is 0.508 e. The molecule has 4 rings (SSSR count). The van der Waals surface area contributed by atoms with Gasteiger partial charge in [0.05, 0.1) is 10.9 Å². The van der Waals surface area contributed by atoms with Crippen LogP contribution in [0.15, 0.2) is 23.5 Å². The quantitative estimate of drug-likeness (QED) is 0.426. The van der Waals surface area contributed by atoms with Crippen LogP contribution < -0.4 is 5.73 Å². The van der Waals surface area contributed by atoms with E-state index in [4.69, 9.17) is 5.73 Å². The molecule has 0 aromatic heterocycles. The van der Waals surface area contributed by atoms with Crippen LogP contribution in [0.5, 0.6) is 11.5 Å². The van der Waals surface area contributed by atoms with Gasteiger partial charge >= 0.3 is 0 Å². The number of phenols is 2. The first-order chi connectivity index (χ1) is 14.7. The van der Waals surface area contributed by atoms with Gasteiger partial charge in [-0.15, -0.1) is 0 Å². The first-order valence-electron chi connectivity index (χ1n) is 10.3.